The van der Waals surface area contributed by atoms with E-state index in [1.807, 2.05) is 54.6 Å². The predicted octanol–water partition coefficient (Wildman–Crippen LogP) is 8.19. The molecule has 42 heavy (non-hydrogen) atoms. The second-order valence-electron chi connectivity index (χ2n) is 10.7. The Labute approximate surface area is 250 Å². The molecule has 1 saturated heterocycles. The summed E-state index contributed by atoms with van der Waals surface area (Å²) in [6.45, 7) is 5.92. The third-order valence-corrected chi connectivity index (χ3v) is 8.85. The molecule has 0 radical (unpaired) electrons. The zero-order valence-corrected chi connectivity index (χ0v) is 24.5. The van der Waals surface area contributed by atoms with Crippen LogP contribution >= 0.6 is 11.3 Å². The molecular weight excluding hydrogens is 542 g/mol. The van der Waals surface area contributed by atoms with Gasteiger partial charge in [0.15, 0.2) is 5.78 Å². The lowest BCUT2D eigenvalue weighted by Crippen LogP contribution is -2.33. The van der Waals surface area contributed by atoms with Crippen LogP contribution in [0.4, 0.5) is 0 Å². The van der Waals surface area contributed by atoms with Crippen LogP contribution in [0.1, 0.15) is 51.1 Å². The molecule has 1 aromatic heterocycles. The maximum atomic E-state index is 14.0. The third-order valence-electron chi connectivity index (χ3n) is 7.65. The fourth-order valence-electron chi connectivity index (χ4n) is 5.37. The van der Waals surface area contributed by atoms with Gasteiger partial charge in [-0.15, -0.1) is 11.3 Å². The number of carbonyl (C=O) groups is 2. The fourth-order valence-corrected chi connectivity index (χ4v) is 6.67. The third kappa shape index (κ3) is 6.30. The van der Waals surface area contributed by atoms with Crippen LogP contribution < -0.4 is 9.47 Å². The van der Waals surface area contributed by atoms with E-state index >= 15 is 0 Å². The van der Waals surface area contributed by atoms with Crippen LogP contribution in [0.15, 0.2) is 97.1 Å². The van der Waals surface area contributed by atoms with Gasteiger partial charge in [-0.3, -0.25) is 9.69 Å². The van der Waals surface area contributed by atoms with Crippen molar-refractivity contribution in [3.8, 4) is 21.9 Å². The Balaban J connectivity index is 1.22. The van der Waals surface area contributed by atoms with Gasteiger partial charge in [-0.25, -0.2) is 4.79 Å². The molecule has 0 bridgehead atoms. The lowest BCUT2D eigenvalue weighted by Gasteiger charge is -2.26. The molecule has 1 fully saturated rings. The molecule has 2 heterocycles. The maximum Gasteiger partial charge on any atom is 0.343 e. The summed E-state index contributed by atoms with van der Waals surface area (Å²) >= 11 is 1.60. The monoisotopic (exact) mass is 575 g/mol. The Hall–Kier alpha value is -4.26. The summed E-state index contributed by atoms with van der Waals surface area (Å²) in [4.78, 5) is 29.8. The van der Waals surface area contributed by atoms with Crippen molar-refractivity contribution in [1.29, 1.82) is 0 Å². The van der Waals surface area contributed by atoms with Crippen LogP contribution in [0.5, 0.6) is 11.5 Å². The molecule has 0 saturated carbocycles. The minimum absolute atomic E-state index is 0.0282. The molecule has 0 spiro atoms. The molecule has 0 N–H and O–H groups in total. The van der Waals surface area contributed by atoms with Crippen LogP contribution in [-0.4, -0.2) is 42.9 Å². The van der Waals surface area contributed by atoms with Crippen molar-refractivity contribution in [2.45, 2.75) is 26.2 Å². The van der Waals surface area contributed by atoms with Crippen LogP contribution in [-0.2, 0) is 0 Å². The number of rotatable bonds is 9. The summed E-state index contributed by atoms with van der Waals surface area (Å²) in [6, 6.07) is 29.9. The Morgan fingerprint density at radius 3 is 2.24 bits per heavy atom. The molecule has 1 aliphatic rings. The fraction of sp³-hybridized carbons (Fsp3) is 0.222. The van der Waals surface area contributed by atoms with Crippen molar-refractivity contribution >= 4 is 33.2 Å². The maximum absolute atomic E-state index is 14.0. The Kier molecular flexibility index (Phi) is 8.45. The van der Waals surface area contributed by atoms with Crippen molar-refractivity contribution < 1.29 is 19.1 Å². The zero-order chi connectivity index (χ0) is 28.9. The van der Waals surface area contributed by atoms with Crippen molar-refractivity contribution in [2.24, 2.45) is 0 Å². The van der Waals surface area contributed by atoms with Gasteiger partial charge in [0.2, 0.25) is 0 Å². The molecule has 5 aromatic rings. The highest BCUT2D eigenvalue weighted by Crippen LogP contribution is 2.41. The Morgan fingerprint density at radius 1 is 0.786 bits per heavy atom. The molecule has 0 unspecified atom stereocenters. The summed E-state index contributed by atoms with van der Waals surface area (Å²) < 4.78 is 12.6. The number of hydrogen-bond donors (Lipinski definition) is 0. The first-order valence-electron chi connectivity index (χ1n) is 14.5. The highest BCUT2D eigenvalue weighted by atomic mass is 32.1. The van der Waals surface area contributed by atoms with Gasteiger partial charge in [-0.1, -0.05) is 36.8 Å². The van der Waals surface area contributed by atoms with E-state index in [9.17, 15) is 9.59 Å². The largest absolute Gasteiger partial charge is 0.492 e. The number of fused-ring (bicyclic) bond motifs is 1. The van der Waals surface area contributed by atoms with Crippen LogP contribution in [0, 0.1) is 6.92 Å². The number of thiophene rings is 1. The number of piperidine rings is 1. The Bertz CT molecular complexity index is 1690. The van der Waals surface area contributed by atoms with Crippen LogP contribution in [0.25, 0.3) is 20.5 Å². The summed E-state index contributed by atoms with van der Waals surface area (Å²) in [6.07, 6.45) is 3.85. The standard InChI is InChI=1S/C36H33NO4S/c1-25-10-19-31-32(24-25)42-35(27-13-17-30(18-14-27)41-36(39)28-8-4-2-5-9-28)33(31)34(38)26-11-15-29(16-12-26)40-23-22-37-20-6-3-7-21-37/h2,4-5,8-19,24H,3,6-7,20-23H2,1H3. The molecule has 212 valence electrons. The normalized spacial score (nSPS) is 13.6. The highest BCUT2D eigenvalue weighted by Gasteiger charge is 2.22. The van der Waals surface area contributed by atoms with Gasteiger partial charge in [0.25, 0.3) is 0 Å². The summed E-state index contributed by atoms with van der Waals surface area (Å²) in [7, 11) is 0. The molecule has 4 aromatic carbocycles. The molecule has 6 rings (SSSR count). The minimum atomic E-state index is -0.407. The van der Waals surface area contributed by atoms with Gasteiger partial charge in [-0.05, 0) is 111 Å². The number of carbonyl (C=O) groups excluding carboxylic acids is 2. The van der Waals surface area contributed by atoms with Crippen molar-refractivity contribution in [3.63, 3.8) is 0 Å². The summed E-state index contributed by atoms with van der Waals surface area (Å²) in [5, 5.41) is 0.937. The molecule has 0 amide bonds. The first-order chi connectivity index (χ1) is 20.5. The van der Waals surface area contributed by atoms with E-state index in [4.69, 9.17) is 9.47 Å². The average Bonchev–Trinajstić information content (AvgIpc) is 3.41. The SMILES string of the molecule is Cc1ccc2c(C(=O)c3ccc(OCCN4CCCCC4)cc3)c(-c3ccc(OC(=O)c4ccccc4)cc3)sc2c1. The molecule has 1 aliphatic heterocycles. The number of likely N-dealkylation sites (tertiary alicyclic amines) is 1. The predicted molar refractivity (Wildman–Crippen MR) is 169 cm³/mol. The van der Waals surface area contributed by atoms with E-state index in [0.717, 1.165) is 51.5 Å². The van der Waals surface area contributed by atoms with E-state index in [0.29, 0.717) is 29.0 Å². The number of ketones is 1. The number of aryl methyl sites for hydroxylation is 1. The van der Waals surface area contributed by atoms with Gasteiger partial charge in [0, 0.05) is 32.6 Å². The zero-order valence-electron chi connectivity index (χ0n) is 23.7. The van der Waals surface area contributed by atoms with Gasteiger partial charge in [0.1, 0.15) is 18.1 Å². The lowest BCUT2D eigenvalue weighted by atomic mass is 9.97. The van der Waals surface area contributed by atoms with E-state index in [2.05, 4.69) is 17.9 Å². The number of benzene rings is 4. The van der Waals surface area contributed by atoms with Crippen LogP contribution in [0.3, 0.4) is 0 Å². The second-order valence-corrected chi connectivity index (χ2v) is 11.7. The summed E-state index contributed by atoms with van der Waals surface area (Å²) in [5.41, 5.74) is 3.83. The number of hydrogen-bond acceptors (Lipinski definition) is 6. The molecule has 6 heteroatoms. The van der Waals surface area contributed by atoms with Gasteiger partial charge >= 0.3 is 5.97 Å². The Morgan fingerprint density at radius 2 is 1.50 bits per heavy atom. The minimum Gasteiger partial charge on any atom is -0.492 e. The number of nitrogens with zero attached hydrogens (tertiary/aromatic N) is 1. The van der Waals surface area contributed by atoms with Crippen LogP contribution in [0.2, 0.25) is 0 Å². The van der Waals surface area contributed by atoms with E-state index in [-0.39, 0.29) is 5.78 Å². The van der Waals surface area contributed by atoms with Crippen molar-refractivity contribution in [3.05, 3.63) is 119 Å². The lowest BCUT2D eigenvalue weighted by molar-refractivity contribution is 0.0734. The highest BCUT2D eigenvalue weighted by molar-refractivity contribution is 7.22. The van der Waals surface area contributed by atoms with Gasteiger partial charge in [-0.2, -0.15) is 0 Å². The molecular formula is C36H33NO4S. The summed E-state index contributed by atoms with van der Waals surface area (Å²) in [5.74, 6) is 0.790. The van der Waals surface area contributed by atoms with Crippen molar-refractivity contribution in [2.75, 3.05) is 26.2 Å². The number of ether oxygens (including phenoxy) is 2. The average molecular weight is 576 g/mol. The second kappa shape index (κ2) is 12.7. The quantitative estimate of drug-likeness (QED) is 0.101. The van der Waals surface area contributed by atoms with E-state index in [1.54, 1.807) is 47.7 Å². The van der Waals surface area contributed by atoms with Gasteiger partial charge < -0.3 is 9.47 Å². The van der Waals surface area contributed by atoms with E-state index < -0.39 is 5.97 Å². The molecule has 0 aliphatic carbocycles. The van der Waals surface area contributed by atoms with E-state index in [1.165, 1.54) is 19.3 Å². The van der Waals surface area contributed by atoms with Crippen molar-refractivity contribution in [1.82, 2.24) is 4.90 Å². The smallest absolute Gasteiger partial charge is 0.343 e. The molecule has 0 atom stereocenters. The topological polar surface area (TPSA) is 55.8 Å². The van der Waals surface area contributed by atoms with Gasteiger partial charge in [0.05, 0.1) is 5.56 Å². The first-order valence-corrected chi connectivity index (χ1v) is 15.3. The molecule has 5 nitrogen and oxygen atoms in total. The number of esters is 1. The first kappa shape index (κ1) is 27.9.